The van der Waals surface area contributed by atoms with Gasteiger partial charge in [0.1, 0.15) is 6.07 Å². The van der Waals surface area contributed by atoms with Crippen LogP contribution >= 0.6 is 11.3 Å². The van der Waals surface area contributed by atoms with Crippen molar-refractivity contribution in [3.8, 4) is 17.2 Å². The average Bonchev–Trinajstić information content (AvgIpc) is 3.06. The summed E-state index contributed by atoms with van der Waals surface area (Å²) >= 11 is 1.66. The number of fused-ring (bicyclic) bond motifs is 1. The zero-order valence-corrected chi connectivity index (χ0v) is 14.7. The van der Waals surface area contributed by atoms with Gasteiger partial charge in [-0.25, -0.2) is 0 Å². The number of rotatable bonds is 3. The third-order valence-electron chi connectivity index (χ3n) is 4.53. The number of nitriles is 1. The van der Waals surface area contributed by atoms with Crippen molar-refractivity contribution in [3.63, 3.8) is 0 Å². The molecule has 0 fully saturated rings. The molecule has 0 bridgehead atoms. The van der Waals surface area contributed by atoms with Gasteiger partial charge in [-0.1, -0.05) is 48.5 Å². The van der Waals surface area contributed by atoms with Crippen LogP contribution in [0.1, 0.15) is 22.3 Å². The van der Waals surface area contributed by atoms with Crippen molar-refractivity contribution in [2.45, 2.75) is 13.3 Å². The number of aromatic nitrogens is 1. The lowest BCUT2D eigenvalue weighted by Crippen LogP contribution is -1.94. The summed E-state index contributed by atoms with van der Waals surface area (Å²) in [5.41, 5.74) is 7.98. The van der Waals surface area contributed by atoms with Crippen LogP contribution in [0.3, 0.4) is 0 Å². The summed E-state index contributed by atoms with van der Waals surface area (Å²) in [6.45, 7) is 2.19. The zero-order chi connectivity index (χ0) is 17.2. The van der Waals surface area contributed by atoms with Gasteiger partial charge < -0.3 is 0 Å². The third-order valence-corrected chi connectivity index (χ3v) is 5.49. The largest absolute Gasteiger partial charge is 0.254 e. The van der Waals surface area contributed by atoms with Gasteiger partial charge in [0, 0.05) is 12.6 Å². The molecule has 0 unspecified atom stereocenters. The molecule has 0 aliphatic rings. The van der Waals surface area contributed by atoms with Gasteiger partial charge in [-0.2, -0.15) is 5.26 Å². The Morgan fingerprint density at radius 2 is 1.88 bits per heavy atom. The van der Waals surface area contributed by atoms with E-state index in [0.717, 1.165) is 16.6 Å². The van der Waals surface area contributed by atoms with Crippen molar-refractivity contribution in [2.75, 3.05) is 0 Å². The fraction of sp³-hybridized carbons (Fsp3) is 0.0909. The lowest BCUT2D eigenvalue weighted by Gasteiger charge is -2.11. The van der Waals surface area contributed by atoms with E-state index in [0.29, 0.717) is 5.56 Å². The average molecular weight is 340 g/mol. The summed E-state index contributed by atoms with van der Waals surface area (Å²) in [5, 5.41) is 11.2. The van der Waals surface area contributed by atoms with Crippen LogP contribution in [0.25, 0.3) is 21.3 Å². The Balaban J connectivity index is 1.74. The predicted molar refractivity (Wildman–Crippen MR) is 104 cm³/mol. The van der Waals surface area contributed by atoms with E-state index >= 15 is 0 Å². The van der Waals surface area contributed by atoms with Crippen molar-refractivity contribution in [1.82, 2.24) is 4.98 Å². The Hall–Kier alpha value is -2.96. The minimum absolute atomic E-state index is 0.614. The standard InChI is InChI=1S/C22H16N2S/c1-15-18(8-5-9-20(15)17-6-3-2-4-7-17)11-19-14-25-21-10-16(12-23)13-24-22(19)21/h2-10,13-14H,11H2,1H3. The number of pyridine rings is 1. The lowest BCUT2D eigenvalue weighted by atomic mass is 9.93. The van der Waals surface area contributed by atoms with E-state index in [1.807, 2.05) is 12.1 Å². The molecular weight excluding hydrogens is 324 g/mol. The Bertz CT molecular complexity index is 1090. The van der Waals surface area contributed by atoms with Crippen molar-refractivity contribution >= 4 is 21.6 Å². The summed E-state index contributed by atoms with van der Waals surface area (Å²) in [4.78, 5) is 4.51. The molecule has 0 spiro atoms. The molecule has 0 amide bonds. The molecule has 2 aromatic heterocycles. The Kier molecular flexibility index (Phi) is 4.05. The molecule has 0 saturated carbocycles. The molecule has 0 N–H and O–H groups in total. The van der Waals surface area contributed by atoms with Crippen LogP contribution in [0.15, 0.2) is 66.2 Å². The first-order valence-electron chi connectivity index (χ1n) is 8.16. The summed E-state index contributed by atoms with van der Waals surface area (Å²) in [6.07, 6.45) is 2.51. The van der Waals surface area contributed by atoms with Crippen LogP contribution in [0.2, 0.25) is 0 Å². The van der Waals surface area contributed by atoms with Gasteiger partial charge in [0.15, 0.2) is 0 Å². The second-order valence-electron chi connectivity index (χ2n) is 6.08. The molecule has 0 aliphatic carbocycles. The van der Waals surface area contributed by atoms with E-state index in [4.69, 9.17) is 5.26 Å². The van der Waals surface area contributed by atoms with Gasteiger partial charge in [0.05, 0.1) is 15.8 Å². The van der Waals surface area contributed by atoms with E-state index in [9.17, 15) is 0 Å². The van der Waals surface area contributed by atoms with E-state index in [1.54, 1.807) is 17.5 Å². The highest BCUT2D eigenvalue weighted by Gasteiger charge is 2.11. The highest BCUT2D eigenvalue weighted by atomic mass is 32.1. The van der Waals surface area contributed by atoms with Gasteiger partial charge in [-0.3, -0.25) is 4.98 Å². The van der Waals surface area contributed by atoms with E-state index in [-0.39, 0.29) is 0 Å². The first-order chi connectivity index (χ1) is 12.3. The molecule has 0 aliphatic heterocycles. The monoisotopic (exact) mass is 340 g/mol. The van der Waals surface area contributed by atoms with Crippen molar-refractivity contribution in [1.29, 1.82) is 5.26 Å². The fourth-order valence-corrected chi connectivity index (χ4v) is 4.12. The molecule has 120 valence electrons. The second kappa shape index (κ2) is 6.51. The van der Waals surface area contributed by atoms with E-state index in [2.05, 4.69) is 65.8 Å². The maximum Gasteiger partial charge on any atom is 0.101 e. The molecule has 4 rings (SSSR count). The van der Waals surface area contributed by atoms with Crippen molar-refractivity contribution in [2.24, 2.45) is 0 Å². The predicted octanol–water partition coefficient (Wildman–Crippen LogP) is 5.73. The molecule has 4 aromatic rings. The molecule has 0 saturated heterocycles. The normalized spacial score (nSPS) is 10.7. The van der Waals surface area contributed by atoms with Crippen LogP contribution in [-0.4, -0.2) is 4.98 Å². The molecule has 2 nitrogen and oxygen atoms in total. The van der Waals surface area contributed by atoms with Gasteiger partial charge in [-0.05, 0) is 46.2 Å². The Labute approximate surface area is 151 Å². The smallest absolute Gasteiger partial charge is 0.101 e. The molecule has 2 aromatic carbocycles. The highest BCUT2D eigenvalue weighted by Crippen LogP contribution is 2.30. The molecule has 25 heavy (non-hydrogen) atoms. The number of hydrogen-bond acceptors (Lipinski definition) is 3. The molecule has 3 heteroatoms. The van der Waals surface area contributed by atoms with Gasteiger partial charge in [0.25, 0.3) is 0 Å². The van der Waals surface area contributed by atoms with Crippen LogP contribution in [0.5, 0.6) is 0 Å². The third kappa shape index (κ3) is 2.93. The maximum atomic E-state index is 9.03. The van der Waals surface area contributed by atoms with Gasteiger partial charge in [0.2, 0.25) is 0 Å². The SMILES string of the molecule is Cc1c(Cc2csc3cc(C#N)cnc23)cccc1-c1ccccc1. The maximum absolute atomic E-state index is 9.03. The summed E-state index contributed by atoms with van der Waals surface area (Å²) in [7, 11) is 0. The van der Waals surface area contributed by atoms with E-state index < -0.39 is 0 Å². The second-order valence-corrected chi connectivity index (χ2v) is 6.99. The summed E-state index contributed by atoms with van der Waals surface area (Å²) < 4.78 is 1.07. The lowest BCUT2D eigenvalue weighted by molar-refractivity contribution is 1.17. The van der Waals surface area contributed by atoms with Crippen molar-refractivity contribution in [3.05, 3.63) is 88.4 Å². The molecule has 0 radical (unpaired) electrons. The highest BCUT2D eigenvalue weighted by molar-refractivity contribution is 7.17. The minimum Gasteiger partial charge on any atom is -0.254 e. The van der Waals surface area contributed by atoms with Crippen LogP contribution < -0.4 is 0 Å². The number of thiophene rings is 1. The van der Waals surface area contributed by atoms with E-state index in [1.165, 1.54) is 27.8 Å². The van der Waals surface area contributed by atoms with Crippen LogP contribution in [0.4, 0.5) is 0 Å². The van der Waals surface area contributed by atoms with Gasteiger partial charge >= 0.3 is 0 Å². The van der Waals surface area contributed by atoms with Crippen molar-refractivity contribution < 1.29 is 0 Å². The first kappa shape index (κ1) is 15.6. The summed E-state index contributed by atoms with van der Waals surface area (Å²) in [5.74, 6) is 0. The number of hydrogen-bond donors (Lipinski definition) is 0. The Morgan fingerprint density at radius 1 is 1.04 bits per heavy atom. The molecule has 2 heterocycles. The number of benzene rings is 2. The Morgan fingerprint density at radius 3 is 2.68 bits per heavy atom. The topological polar surface area (TPSA) is 36.7 Å². The summed E-state index contributed by atoms with van der Waals surface area (Å²) in [6, 6.07) is 21.1. The quantitative estimate of drug-likeness (QED) is 0.477. The minimum atomic E-state index is 0.614. The molecule has 0 atom stereocenters. The van der Waals surface area contributed by atoms with Crippen LogP contribution in [0, 0.1) is 18.3 Å². The van der Waals surface area contributed by atoms with Gasteiger partial charge in [-0.15, -0.1) is 11.3 Å². The number of nitrogens with zero attached hydrogens (tertiary/aromatic N) is 2. The zero-order valence-electron chi connectivity index (χ0n) is 13.9. The first-order valence-corrected chi connectivity index (χ1v) is 9.04. The molecular formula is C22H16N2S. The van der Waals surface area contributed by atoms with Crippen LogP contribution in [-0.2, 0) is 6.42 Å². The fourth-order valence-electron chi connectivity index (χ4n) is 3.16.